The lowest BCUT2D eigenvalue weighted by Crippen LogP contribution is -2.40. The van der Waals surface area contributed by atoms with E-state index >= 15 is 0 Å². The SMILES string of the molecule is CCN(CC(=O)O)C1CCSCC1. The van der Waals surface area contributed by atoms with Crippen LogP contribution in [0.3, 0.4) is 0 Å². The summed E-state index contributed by atoms with van der Waals surface area (Å²) in [5, 5.41) is 8.70. The predicted octanol–water partition coefficient (Wildman–Crippen LogP) is 1.29. The summed E-state index contributed by atoms with van der Waals surface area (Å²) in [6.07, 6.45) is 2.29. The summed E-state index contributed by atoms with van der Waals surface area (Å²) in [5.74, 6) is 1.65. The van der Waals surface area contributed by atoms with E-state index in [1.54, 1.807) is 0 Å². The lowest BCUT2D eigenvalue weighted by atomic mass is 10.1. The van der Waals surface area contributed by atoms with Crippen LogP contribution in [0, 0.1) is 0 Å². The summed E-state index contributed by atoms with van der Waals surface area (Å²) in [4.78, 5) is 12.6. The van der Waals surface area contributed by atoms with Gasteiger partial charge >= 0.3 is 5.97 Å². The van der Waals surface area contributed by atoms with E-state index in [2.05, 4.69) is 4.90 Å². The maximum absolute atomic E-state index is 10.6. The summed E-state index contributed by atoms with van der Waals surface area (Å²) in [5.41, 5.74) is 0. The summed E-state index contributed by atoms with van der Waals surface area (Å²) in [7, 11) is 0. The predicted molar refractivity (Wildman–Crippen MR) is 55.2 cm³/mol. The molecule has 1 aliphatic rings. The molecule has 3 nitrogen and oxygen atoms in total. The molecule has 0 bridgehead atoms. The molecule has 0 aromatic carbocycles. The minimum absolute atomic E-state index is 0.200. The minimum atomic E-state index is -0.708. The van der Waals surface area contributed by atoms with Crippen LogP contribution in [0.5, 0.6) is 0 Å². The molecule has 1 heterocycles. The number of nitrogens with zero attached hydrogens (tertiary/aromatic N) is 1. The lowest BCUT2D eigenvalue weighted by Gasteiger charge is -2.31. The highest BCUT2D eigenvalue weighted by Gasteiger charge is 2.21. The molecule has 1 saturated heterocycles. The Morgan fingerprint density at radius 3 is 2.62 bits per heavy atom. The molecule has 13 heavy (non-hydrogen) atoms. The smallest absolute Gasteiger partial charge is 0.317 e. The molecule has 0 aliphatic carbocycles. The van der Waals surface area contributed by atoms with Crippen molar-refractivity contribution in [3.63, 3.8) is 0 Å². The van der Waals surface area contributed by atoms with Crippen LogP contribution in [-0.4, -0.2) is 46.6 Å². The van der Waals surface area contributed by atoms with Crippen molar-refractivity contribution < 1.29 is 9.90 Å². The highest BCUT2D eigenvalue weighted by Crippen LogP contribution is 2.21. The molecule has 0 amide bonds. The standard InChI is InChI=1S/C9H17NO2S/c1-2-10(7-9(11)12)8-3-5-13-6-4-8/h8H,2-7H2,1H3,(H,11,12). The molecule has 1 aliphatic heterocycles. The van der Waals surface area contributed by atoms with E-state index in [0.717, 1.165) is 19.4 Å². The van der Waals surface area contributed by atoms with Crippen molar-refractivity contribution in [3.8, 4) is 0 Å². The number of carboxylic acid groups (broad SMARTS) is 1. The van der Waals surface area contributed by atoms with Crippen molar-refractivity contribution in [3.05, 3.63) is 0 Å². The van der Waals surface area contributed by atoms with E-state index in [1.807, 2.05) is 18.7 Å². The second-order valence-electron chi connectivity index (χ2n) is 3.30. The van der Waals surface area contributed by atoms with Gasteiger partial charge in [-0.1, -0.05) is 6.92 Å². The number of carbonyl (C=O) groups is 1. The molecule has 0 saturated carbocycles. The summed E-state index contributed by atoms with van der Waals surface area (Å²) in [6.45, 7) is 3.08. The zero-order valence-corrected chi connectivity index (χ0v) is 8.85. The second-order valence-corrected chi connectivity index (χ2v) is 4.53. The molecule has 0 radical (unpaired) electrons. The van der Waals surface area contributed by atoms with Gasteiger partial charge in [-0.05, 0) is 30.9 Å². The molecule has 0 unspecified atom stereocenters. The van der Waals surface area contributed by atoms with Crippen molar-refractivity contribution >= 4 is 17.7 Å². The first kappa shape index (κ1) is 10.9. The van der Waals surface area contributed by atoms with Crippen LogP contribution in [-0.2, 0) is 4.79 Å². The normalized spacial score (nSPS) is 19.2. The van der Waals surface area contributed by atoms with Crippen LogP contribution < -0.4 is 0 Å². The Morgan fingerprint density at radius 1 is 1.54 bits per heavy atom. The highest BCUT2D eigenvalue weighted by molar-refractivity contribution is 7.99. The Morgan fingerprint density at radius 2 is 2.15 bits per heavy atom. The number of hydrogen-bond donors (Lipinski definition) is 1. The van der Waals surface area contributed by atoms with E-state index in [9.17, 15) is 4.79 Å². The Hall–Kier alpha value is -0.220. The van der Waals surface area contributed by atoms with Gasteiger partial charge in [0.15, 0.2) is 0 Å². The van der Waals surface area contributed by atoms with Crippen LogP contribution >= 0.6 is 11.8 Å². The van der Waals surface area contributed by atoms with Crippen LogP contribution in [0.4, 0.5) is 0 Å². The van der Waals surface area contributed by atoms with Gasteiger partial charge in [-0.15, -0.1) is 0 Å². The summed E-state index contributed by atoms with van der Waals surface area (Å²) >= 11 is 1.97. The number of thioether (sulfide) groups is 1. The van der Waals surface area contributed by atoms with E-state index in [0.29, 0.717) is 6.04 Å². The van der Waals surface area contributed by atoms with Crippen molar-refractivity contribution in [2.75, 3.05) is 24.6 Å². The molecule has 76 valence electrons. The number of carboxylic acids is 1. The minimum Gasteiger partial charge on any atom is -0.480 e. The largest absolute Gasteiger partial charge is 0.480 e. The molecule has 0 aromatic rings. The van der Waals surface area contributed by atoms with Gasteiger partial charge in [-0.2, -0.15) is 11.8 Å². The monoisotopic (exact) mass is 203 g/mol. The van der Waals surface area contributed by atoms with Gasteiger partial charge in [0, 0.05) is 6.04 Å². The van der Waals surface area contributed by atoms with Crippen LogP contribution in [0.1, 0.15) is 19.8 Å². The van der Waals surface area contributed by atoms with Gasteiger partial charge < -0.3 is 5.11 Å². The molecule has 1 fully saturated rings. The first-order valence-corrected chi connectivity index (χ1v) is 5.93. The molecule has 4 heteroatoms. The fourth-order valence-electron chi connectivity index (χ4n) is 1.72. The maximum Gasteiger partial charge on any atom is 0.317 e. The summed E-state index contributed by atoms with van der Waals surface area (Å²) < 4.78 is 0. The third-order valence-electron chi connectivity index (χ3n) is 2.45. The van der Waals surface area contributed by atoms with Gasteiger partial charge in [0.1, 0.15) is 0 Å². The average molecular weight is 203 g/mol. The first-order chi connectivity index (χ1) is 6.24. The Balaban J connectivity index is 2.39. The fourth-order valence-corrected chi connectivity index (χ4v) is 2.80. The zero-order chi connectivity index (χ0) is 9.68. The number of likely N-dealkylation sites (N-methyl/N-ethyl adjacent to an activating group) is 1. The molecule has 0 aromatic heterocycles. The number of rotatable bonds is 4. The van der Waals surface area contributed by atoms with E-state index in [1.165, 1.54) is 11.5 Å². The molecular weight excluding hydrogens is 186 g/mol. The van der Waals surface area contributed by atoms with Crippen LogP contribution in [0.2, 0.25) is 0 Å². The van der Waals surface area contributed by atoms with Gasteiger partial charge in [0.2, 0.25) is 0 Å². The van der Waals surface area contributed by atoms with Gasteiger partial charge in [-0.25, -0.2) is 0 Å². The molecule has 1 N–H and O–H groups in total. The van der Waals surface area contributed by atoms with Crippen molar-refractivity contribution in [2.45, 2.75) is 25.8 Å². The Labute approximate surface area is 83.5 Å². The fraction of sp³-hybridized carbons (Fsp3) is 0.889. The van der Waals surface area contributed by atoms with Crippen molar-refractivity contribution in [1.82, 2.24) is 4.90 Å². The zero-order valence-electron chi connectivity index (χ0n) is 8.03. The molecule has 0 spiro atoms. The van der Waals surface area contributed by atoms with Crippen LogP contribution in [0.15, 0.2) is 0 Å². The quantitative estimate of drug-likeness (QED) is 0.747. The average Bonchev–Trinajstić information content (AvgIpc) is 2.15. The first-order valence-electron chi connectivity index (χ1n) is 4.77. The third-order valence-corrected chi connectivity index (χ3v) is 3.50. The highest BCUT2D eigenvalue weighted by atomic mass is 32.2. The van der Waals surface area contributed by atoms with Gasteiger partial charge in [-0.3, -0.25) is 9.69 Å². The Kier molecular flexibility index (Phi) is 4.59. The third kappa shape index (κ3) is 3.56. The number of hydrogen-bond acceptors (Lipinski definition) is 3. The van der Waals surface area contributed by atoms with E-state index in [-0.39, 0.29) is 6.54 Å². The van der Waals surface area contributed by atoms with Crippen molar-refractivity contribution in [1.29, 1.82) is 0 Å². The van der Waals surface area contributed by atoms with Crippen molar-refractivity contribution in [2.24, 2.45) is 0 Å². The topological polar surface area (TPSA) is 40.5 Å². The number of aliphatic carboxylic acids is 1. The molecular formula is C9H17NO2S. The Bertz CT molecular complexity index is 169. The van der Waals surface area contributed by atoms with Gasteiger partial charge in [0.05, 0.1) is 6.54 Å². The van der Waals surface area contributed by atoms with E-state index < -0.39 is 5.97 Å². The summed E-state index contributed by atoms with van der Waals surface area (Å²) in [6, 6.07) is 0.502. The molecule has 0 atom stereocenters. The van der Waals surface area contributed by atoms with Crippen LogP contribution in [0.25, 0.3) is 0 Å². The second kappa shape index (κ2) is 5.50. The van der Waals surface area contributed by atoms with Gasteiger partial charge in [0.25, 0.3) is 0 Å². The molecule has 1 rings (SSSR count). The van der Waals surface area contributed by atoms with E-state index in [4.69, 9.17) is 5.11 Å². The maximum atomic E-state index is 10.6. The lowest BCUT2D eigenvalue weighted by molar-refractivity contribution is -0.138.